The van der Waals surface area contributed by atoms with E-state index >= 15 is 0 Å². The van der Waals surface area contributed by atoms with E-state index in [0.717, 1.165) is 5.56 Å². The molecule has 1 heterocycles. The Labute approximate surface area is 117 Å². The van der Waals surface area contributed by atoms with Gasteiger partial charge in [0.25, 0.3) is 0 Å². The second-order valence-corrected chi connectivity index (χ2v) is 5.90. The molecule has 0 amide bonds. The van der Waals surface area contributed by atoms with Crippen molar-refractivity contribution in [1.29, 1.82) is 0 Å². The summed E-state index contributed by atoms with van der Waals surface area (Å²) in [4.78, 5) is 14.3. The molecule has 2 rings (SSSR count). The molecule has 0 aliphatic carbocycles. The Morgan fingerprint density at radius 2 is 1.95 bits per heavy atom. The van der Waals surface area contributed by atoms with Gasteiger partial charge in [0.1, 0.15) is 5.71 Å². The third kappa shape index (κ3) is 2.38. The predicted octanol–water partition coefficient (Wildman–Crippen LogP) is 2.75. The molecule has 5 heteroatoms. The van der Waals surface area contributed by atoms with Crippen molar-refractivity contribution in [2.45, 2.75) is 19.9 Å². The van der Waals surface area contributed by atoms with Gasteiger partial charge in [0.05, 0.1) is 0 Å². The first-order valence-electron chi connectivity index (χ1n) is 6.09. The van der Waals surface area contributed by atoms with Crippen molar-refractivity contribution in [3.63, 3.8) is 0 Å². The molecule has 0 saturated carbocycles. The number of oxime groups is 1. The van der Waals surface area contributed by atoms with Crippen molar-refractivity contribution in [3.8, 4) is 0 Å². The number of carbonyl (C=O) groups excluding carboxylic acids is 1. The number of hydrogen-bond acceptors (Lipinski definition) is 4. The molecule has 4 nitrogen and oxygen atoms in total. The lowest BCUT2D eigenvalue weighted by Gasteiger charge is -2.43. The summed E-state index contributed by atoms with van der Waals surface area (Å²) in [6.07, 6.45) is 0. The fourth-order valence-electron chi connectivity index (χ4n) is 2.84. The van der Waals surface area contributed by atoms with Crippen LogP contribution in [0, 0.1) is 5.41 Å². The monoisotopic (exact) mass is 280 g/mol. The van der Waals surface area contributed by atoms with Crippen LogP contribution in [0.2, 0.25) is 5.02 Å². The van der Waals surface area contributed by atoms with Crippen LogP contribution in [0.1, 0.15) is 25.5 Å². The fraction of sp³-hybridized carbons (Fsp3) is 0.429. The Kier molecular flexibility index (Phi) is 3.65. The topological polar surface area (TPSA) is 52.9 Å². The van der Waals surface area contributed by atoms with Crippen LogP contribution >= 0.6 is 11.6 Å². The van der Waals surface area contributed by atoms with Gasteiger partial charge in [-0.3, -0.25) is 9.69 Å². The Bertz CT molecular complexity index is 523. The number of halogens is 1. The number of benzene rings is 1. The van der Waals surface area contributed by atoms with E-state index in [0.29, 0.717) is 11.6 Å². The average molecular weight is 281 g/mol. The van der Waals surface area contributed by atoms with Crippen LogP contribution in [-0.2, 0) is 4.79 Å². The van der Waals surface area contributed by atoms with Crippen LogP contribution in [0.25, 0.3) is 0 Å². The summed E-state index contributed by atoms with van der Waals surface area (Å²) in [5, 5.41) is 12.7. The Hall–Kier alpha value is -1.39. The third-order valence-corrected chi connectivity index (χ3v) is 3.93. The maximum atomic E-state index is 12.3. The average Bonchev–Trinajstić information content (AvgIpc) is 2.36. The largest absolute Gasteiger partial charge is 0.411 e. The van der Waals surface area contributed by atoms with Gasteiger partial charge in [-0.2, -0.15) is 0 Å². The zero-order valence-corrected chi connectivity index (χ0v) is 12.0. The maximum Gasteiger partial charge on any atom is 0.189 e. The maximum absolute atomic E-state index is 12.3. The van der Waals surface area contributed by atoms with Gasteiger partial charge in [-0.05, 0) is 24.7 Å². The van der Waals surface area contributed by atoms with E-state index in [1.165, 1.54) is 0 Å². The van der Waals surface area contributed by atoms with Crippen molar-refractivity contribution < 1.29 is 10.0 Å². The number of nitrogens with zero attached hydrogens (tertiary/aromatic N) is 2. The fourth-order valence-corrected chi connectivity index (χ4v) is 2.97. The van der Waals surface area contributed by atoms with Gasteiger partial charge >= 0.3 is 0 Å². The van der Waals surface area contributed by atoms with E-state index < -0.39 is 5.41 Å². The van der Waals surface area contributed by atoms with Gasteiger partial charge in [-0.25, -0.2) is 0 Å². The highest BCUT2D eigenvalue weighted by molar-refractivity contribution is 6.43. The van der Waals surface area contributed by atoms with Crippen LogP contribution in [-0.4, -0.2) is 35.2 Å². The first-order valence-corrected chi connectivity index (χ1v) is 6.47. The quantitative estimate of drug-likeness (QED) is 0.636. The molecular weight excluding hydrogens is 264 g/mol. The highest BCUT2D eigenvalue weighted by Gasteiger charge is 2.46. The molecule has 0 bridgehead atoms. The second-order valence-electron chi connectivity index (χ2n) is 5.47. The smallest absolute Gasteiger partial charge is 0.189 e. The van der Waals surface area contributed by atoms with E-state index in [-0.39, 0.29) is 17.5 Å². The standard InChI is InChI=1S/C14H17ClN2O2/c1-14(2)12(9-4-6-10(15)7-5-9)17(3)8-11(16-19)13(14)18/h4-7,12,19H,8H2,1-3H3/b16-11+/t12-/m1/s1. The highest BCUT2D eigenvalue weighted by atomic mass is 35.5. The molecule has 0 spiro atoms. The molecule has 1 saturated heterocycles. The van der Waals surface area contributed by atoms with Crippen LogP contribution < -0.4 is 0 Å². The number of likely N-dealkylation sites (tertiary alicyclic amines) is 1. The summed E-state index contributed by atoms with van der Waals surface area (Å²) in [6, 6.07) is 7.43. The van der Waals surface area contributed by atoms with Crippen LogP contribution in [0.3, 0.4) is 0 Å². The Balaban J connectivity index is 2.44. The summed E-state index contributed by atoms with van der Waals surface area (Å²) < 4.78 is 0. The number of piperidine rings is 1. The second kappa shape index (κ2) is 4.94. The normalized spacial score (nSPS) is 25.8. The van der Waals surface area contributed by atoms with Crippen molar-refractivity contribution in [1.82, 2.24) is 4.90 Å². The Morgan fingerprint density at radius 3 is 2.47 bits per heavy atom. The minimum absolute atomic E-state index is 0.0669. The number of rotatable bonds is 1. The van der Waals surface area contributed by atoms with Crippen molar-refractivity contribution in [2.75, 3.05) is 13.6 Å². The zero-order chi connectivity index (χ0) is 14.2. The predicted molar refractivity (Wildman–Crippen MR) is 74.8 cm³/mol. The molecule has 1 aliphatic rings. The van der Waals surface area contributed by atoms with E-state index in [4.69, 9.17) is 16.8 Å². The van der Waals surface area contributed by atoms with Crippen molar-refractivity contribution in [3.05, 3.63) is 34.9 Å². The van der Waals surface area contributed by atoms with Crippen molar-refractivity contribution in [2.24, 2.45) is 10.6 Å². The van der Waals surface area contributed by atoms with Crippen LogP contribution in [0.15, 0.2) is 29.4 Å². The van der Waals surface area contributed by atoms with Crippen LogP contribution in [0.4, 0.5) is 0 Å². The summed E-state index contributed by atoms with van der Waals surface area (Å²) >= 11 is 5.90. The van der Waals surface area contributed by atoms with Gasteiger partial charge in [0.15, 0.2) is 5.78 Å². The summed E-state index contributed by atoms with van der Waals surface area (Å²) in [5.41, 5.74) is 0.586. The molecule has 1 N–H and O–H groups in total. The van der Waals surface area contributed by atoms with E-state index in [2.05, 4.69) is 5.16 Å². The SMILES string of the molecule is CN1C/C(=N\O)C(=O)C(C)(C)[C@H]1c1ccc(Cl)cc1. The molecule has 102 valence electrons. The van der Waals surface area contributed by atoms with Gasteiger partial charge in [-0.1, -0.05) is 42.7 Å². The number of Topliss-reactive ketones (excluding diaryl/α,β-unsaturated/α-hetero) is 1. The Morgan fingerprint density at radius 1 is 1.37 bits per heavy atom. The van der Waals surface area contributed by atoms with E-state index in [1.807, 2.05) is 50.1 Å². The minimum atomic E-state index is -0.650. The molecule has 0 radical (unpaired) electrons. The van der Waals surface area contributed by atoms with Gasteiger partial charge in [-0.15, -0.1) is 0 Å². The molecule has 0 aromatic heterocycles. The molecule has 1 aromatic rings. The van der Waals surface area contributed by atoms with Crippen molar-refractivity contribution >= 4 is 23.1 Å². The molecule has 1 atom stereocenters. The molecule has 1 aromatic carbocycles. The summed E-state index contributed by atoms with van der Waals surface area (Å²) in [7, 11) is 1.92. The highest BCUT2D eigenvalue weighted by Crippen LogP contribution is 2.41. The summed E-state index contributed by atoms with van der Waals surface area (Å²) in [5.74, 6) is -0.118. The zero-order valence-electron chi connectivity index (χ0n) is 11.2. The number of carbonyl (C=O) groups is 1. The van der Waals surface area contributed by atoms with Gasteiger partial charge < -0.3 is 5.21 Å². The van der Waals surface area contributed by atoms with E-state index in [9.17, 15) is 4.79 Å². The number of hydrogen-bond donors (Lipinski definition) is 1. The number of ketones is 1. The first kappa shape index (κ1) is 14.0. The van der Waals surface area contributed by atoms with E-state index in [1.54, 1.807) is 0 Å². The lowest BCUT2D eigenvalue weighted by molar-refractivity contribution is -0.126. The van der Waals surface area contributed by atoms with Crippen LogP contribution in [0.5, 0.6) is 0 Å². The van der Waals surface area contributed by atoms with Gasteiger partial charge in [0, 0.05) is 23.0 Å². The molecule has 0 unspecified atom stereocenters. The minimum Gasteiger partial charge on any atom is -0.411 e. The summed E-state index contributed by atoms with van der Waals surface area (Å²) in [6.45, 7) is 4.08. The lowest BCUT2D eigenvalue weighted by atomic mass is 9.72. The van der Waals surface area contributed by atoms with Gasteiger partial charge in [0.2, 0.25) is 0 Å². The molecule has 1 aliphatic heterocycles. The molecule has 1 fully saturated rings. The third-order valence-electron chi connectivity index (χ3n) is 3.68. The molecular formula is C14H17ClN2O2. The first-order chi connectivity index (χ1) is 8.87. The lowest BCUT2D eigenvalue weighted by Crippen LogP contribution is -2.52. The molecule has 19 heavy (non-hydrogen) atoms.